The molecule has 0 amide bonds. The zero-order valence-corrected chi connectivity index (χ0v) is 61.9. The lowest BCUT2D eigenvalue weighted by atomic mass is 10.1. The molecule has 550 valence electrons. The van der Waals surface area contributed by atoms with Gasteiger partial charge in [-0.25, -0.2) is 0 Å². The van der Waals surface area contributed by atoms with Crippen LogP contribution in [-0.2, 0) is 37.0 Å². The van der Waals surface area contributed by atoms with Crippen LogP contribution < -0.4 is 52.4 Å². The fraction of sp³-hybridized carbons (Fsp3) is 0.494. The first-order valence-electron chi connectivity index (χ1n) is 36.6. The molecule has 0 radical (unpaired) electrons. The molecule has 0 unspecified atom stereocenters. The van der Waals surface area contributed by atoms with Gasteiger partial charge >= 0.3 is 0 Å². The third kappa shape index (κ3) is 19.2. The maximum absolute atomic E-state index is 9.00. The number of likely N-dealkylation sites (N-methyl/N-ethyl adjacent to an activating group) is 1. The van der Waals surface area contributed by atoms with E-state index in [0.29, 0.717) is 31.2 Å². The zero-order valence-electron chi connectivity index (χ0n) is 61.9. The molecule has 0 bridgehead atoms. The molecule has 22 nitrogen and oxygen atoms in total. The number of rotatable bonds is 25. The number of nitrogens with two attached hydrogens (primary N) is 5. The van der Waals surface area contributed by atoms with Crippen LogP contribution in [0.1, 0.15) is 105 Å². The van der Waals surface area contributed by atoms with E-state index >= 15 is 0 Å². The first-order valence-corrected chi connectivity index (χ1v) is 36.6. The van der Waals surface area contributed by atoms with Crippen molar-refractivity contribution in [1.82, 2.24) is 44.1 Å². The molecule has 3 aliphatic heterocycles. The van der Waals surface area contributed by atoms with Crippen LogP contribution in [0, 0.1) is 27.7 Å². The van der Waals surface area contributed by atoms with E-state index in [0.717, 1.165) is 192 Å². The second kappa shape index (κ2) is 37.4. The predicted molar refractivity (Wildman–Crippen MR) is 417 cm³/mol. The van der Waals surface area contributed by atoms with E-state index in [1.807, 2.05) is 79.5 Å². The second-order valence-electron chi connectivity index (χ2n) is 26.8. The van der Waals surface area contributed by atoms with Gasteiger partial charge in [0.15, 0.2) is 0 Å². The fourth-order valence-corrected chi connectivity index (χ4v) is 14.3. The summed E-state index contributed by atoms with van der Waals surface area (Å²) < 4.78 is 36.7. The Bertz CT molecular complexity index is 4130. The third-order valence-electron chi connectivity index (χ3n) is 19.6. The van der Waals surface area contributed by atoms with Crippen LogP contribution in [0.5, 0.6) is 28.7 Å². The minimum Gasteiger partial charge on any atom is -0.490 e. The summed E-state index contributed by atoms with van der Waals surface area (Å²) in [6, 6.07) is 21.1. The molecule has 16 N–H and O–H groups in total. The molecule has 3 saturated heterocycles. The molecule has 5 aromatic carbocycles. The van der Waals surface area contributed by atoms with E-state index in [9.17, 15) is 0 Å². The van der Waals surface area contributed by atoms with Crippen LogP contribution in [0.15, 0.2) is 72.9 Å². The average Bonchev–Trinajstić information content (AvgIpc) is 1.71. The van der Waals surface area contributed by atoms with E-state index in [1.165, 1.54) is 103 Å². The Morgan fingerprint density at radius 1 is 0.406 bits per heavy atom. The number of aliphatic hydroxyl groups is 2. The number of aliphatic hydroxyl groups excluding tert-OH is 2. The fourth-order valence-electron chi connectivity index (χ4n) is 14.3. The number of morpholine rings is 1. The summed E-state index contributed by atoms with van der Waals surface area (Å²) in [5, 5.41) is 23.2. The SMILES string of the molecule is CCc1c(C)[nH]c2c(OCCN(C)C)ccc(N)c12.CCc1c(C)[nH]c2c(OCCN3CCCC3)ccc(N)c12.CCc1c(C)[nH]c2c(OCCN3CCCCC3)ccc(N)c12.CCc1c(C)[nH]c2c(OCCN3CCOCC3)ccc(N)c12.Nc1ccc(OCCO)c2c1ccn2CCO. The highest BCUT2D eigenvalue weighted by atomic mass is 16.5. The van der Waals surface area contributed by atoms with Gasteiger partial charge in [0.1, 0.15) is 61.8 Å². The van der Waals surface area contributed by atoms with Crippen LogP contribution in [0.3, 0.4) is 0 Å². The number of H-pyrrole nitrogens is 4. The van der Waals surface area contributed by atoms with E-state index in [1.54, 1.807) is 12.1 Å². The average molecular weight is 1390 g/mol. The Kier molecular flexibility index (Phi) is 28.4. The molecule has 0 aliphatic carbocycles. The number of ether oxygens (including phenoxy) is 6. The Hall–Kier alpha value is -8.48. The van der Waals surface area contributed by atoms with Gasteiger partial charge in [-0.3, -0.25) is 14.7 Å². The van der Waals surface area contributed by atoms with Crippen molar-refractivity contribution >= 4 is 83.0 Å². The predicted octanol–water partition coefficient (Wildman–Crippen LogP) is 12.1. The Morgan fingerprint density at radius 3 is 1.10 bits per heavy atom. The lowest BCUT2D eigenvalue weighted by molar-refractivity contribution is 0.0323. The highest BCUT2D eigenvalue weighted by molar-refractivity contribution is 6.01. The molecule has 13 rings (SSSR count). The van der Waals surface area contributed by atoms with Gasteiger partial charge in [-0.05, 0) is 208 Å². The number of hydrogen-bond acceptors (Lipinski definition) is 17. The summed E-state index contributed by atoms with van der Waals surface area (Å²) in [4.78, 5) is 23.2. The normalized spacial score (nSPS) is 14.4. The van der Waals surface area contributed by atoms with Gasteiger partial charge in [-0.15, -0.1) is 0 Å². The van der Waals surface area contributed by atoms with Crippen molar-refractivity contribution < 1.29 is 38.6 Å². The van der Waals surface area contributed by atoms with Gasteiger partial charge in [0, 0.05) is 130 Å². The van der Waals surface area contributed by atoms with Crippen molar-refractivity contribution in [2.75, 3.05) is 168 Å². The first kappa shape index (κ1) is 76.7. The van der Waals surface area contributed by atoms with Crippen LogP contribution in [-0.4, -0.2) is 193 Å². The quantitative estimate of drug-likeness (QED) is 0.0237. The number of benzene rings is 5. The smallest absolute Gasteiger partial charge is 0.143 e. The van der Waals surface area contributed by atoms with E-state index in [2.05, 4.69) is 94.9 Å². The van der Waals surface area contributed by atoms with Crippen LogP contribution in [0.2, 0.25) is 0 Å². The Labute approximate surface area is 597 Å². The molecule has 8 heterocycles. The molecule has 3 fully saturated rings. The van der Waals surface area contributed by atoms with E-state index in [-0.39, 0.29) is 19.8 Å². The summed E-state index contributed by atoms with van der Waals surface area (Å²) in [5.41, 5.74) is 49.3. The van der Waals surface area contributed by atoms with E-state index < -0.39 is 0 Å². The maximum Gasteiger partial charge on any atom is 0.143 e. The molecule has 22 heteroatoms. The summed E-state index contributed by atoms with van der Waals surface area (Å²) in [7, 11) is 4.08. The maximum atomic E-state index is 9.00. The minimum absolute atomic E-state index is 0.0351. The third-order valence-corrected chi connectivity index (χ3v) is 19.6. The molecular weight excluding hydrogens is 1270 g/mol. The number of aryl methyl sites for hydroxylation is 8. The van der Waals surface area contributed by atoms with Gasteiger partial charge in [0.05, 0.1) is 54.0 Å². The number of aromatic nitrogens is 5. The molecule has 0 spiro atoms. The molecule has 101 heavy (non-hydrogen) atoms. The topological polar surface area (TPSA) is 307 Å². The number of fused-ring (bicyclic) bond motifs is 5. The molecule has 5 aromatic heterocycles. The molecule has 10 aromatic rings. The molecule has 0 atom stereocenters. The largest absolute Gasteiger partial charge is 0.490 e. The Morgan fingerprint density at radius 2 is 0.743 bits per heavy atom. The number of hydrogen-bond donors (Lipinski definition) is 11. The van der Waals surface area contributed by atoms with Crippen LogP contribution in [0.25, 0.3) is 54.5 Å². The Balaban J connectivity index is 0.000000148. The van der Waals surface area contributed by atoms with Gasteiger partial charge in [0.2, 0.25) is 0 Å². The van der Waals surface area contributed by atoms with Gasteiger partial charge < -0.3 is 96.7 Å². The molecular formula is C79H116N14O8. The summed E-state index contributed by atoms with van der Waals surface area (Å²) in [6.45, 7) is 32.9. The zero-order chi connectivity index (χ0) is 72.1. The number of anilines is 5. The van der Waals surface area contributed by atoms with Gasteiger partial charge in [-0.1, -0.05) is 34.1 Å². The number of likely N-dealkylation sites (tertiary alicyclic amines) is 2. The lowest BCUT2D eigenvalue weighted by Crippen LogP contribution is -2.38. The number of aromatic amines is 4. The number of nitrogen functional groups attached to an aromatic ring is 5. The summed E-state index contributed by atoms with van der Waals surface area (Å²) in [6.07, 6.45) is 12.4. The summed E-state index contributed by atoms with van der Waals surface area (Å²) in [5.74, 6) is 4.28. The summed E-state index contributed by atoms with van der Waals surface area (Å²) >= 11 is 0. The van der Waals surface area contributed by atoms with Crippen molar-refractivity contribution in [2.24, 2.45) is 0 Å². The van der Waals surface area contributed by atoms with Gasteiger partial charge in [-0.2, -0.15) is 0 Å². The van der Waals surface area contributed by atoms with Crippen molar-refractivity contribution in [2.45, 2.75) is 120 Å². The first-order chi connectivity index (χ1) is 48.9. The van der Waals surface area contributed by atoms with Crippen molar-refractivity contribution in [3.05, 3.63) is 118 Å². The van der Waals surface area contributed by atoms with Crippen molar-refractivity contribution in [3.63, 3.8) is 0 Å². The van der Waals surface area contributed by atoms with Crippen LogP contribution >= 0.6 is 0 Å². The molecule has 0 saturated carbocycles. The monoisotopic (exact) mass is 1390 g/mol. The van der Waals surface area contributed by atoms with E-state index in [4.69, 9.17) is 67.3 Å². The van der Waals surface area contributed by atoms with Crippen molar-refractivity contribution in [1.29, 1.82) is 0 Å². The van der Waals surface area contributed by atoms with Crippen LogP contribution in [0.4, 0.5) is 28.4 Å². The number of nitrogens with one attached hydrogen (secondary N) is 4. The standard InChI is InChI=1S/C18H27N3O.C17H25N3O2.C17H25N3O.C15H23N3O.C12H16N2O3/c1-3-14-13(2)20-18-16(8-7-15(19)17(14)18)22-12-11-21-9-5-4-6-10-21;1-3-13-12(2)19-17-15(5-4-14(18)16(13)17)22-11-8-20-6-9-21-10-7-20;1-3-13-12(2)19-17-15(7-6-14(18)16(13)17)21-11-10-20-8-4-5-9-20;1-5-11-10(2)17-15-13(19-9-8-18(3)4)7-6-12(16)14(11)15;13-10-1-2-11(17-8-7-16)12-9(10)3-4-14(12)5-6-15/h7-8,20H,3-6,9-12,19H2,1-2H3;4-5,19H,3,6-11,18H2,1-2H3;6-7,19H,3-5,8-11,18H2,1-2H3;6-7,17H,5,8-9,16H2,1-4H3;1-4,15-16H,5-8,13H2. The number of piperidine rings is 1. The van der Waals surface area contributed by atoms with Crippen molar-refractivity contribution in [3.8, 4) is 28.7 Å². The highest BCUT2D eigenvalue weighted by Crippen LogP contribution is 2.39. The number of nitrogens with zero attached hydrogens (tertiary/aromatic N) is 5. The lowest BCUT2D eigenvalue weighted by Gasteiger charge is -2.26. The molecule has 3 aliphatic rings. The second-order valence-corrected chi connectivity index (χ2v) is 26.8. The minimum atomic E-state index is -0.0351. The highest BCUT2D eigenvalue weighted by Gasteiger charge is 2.21. The van der Waals surface area contributed by atoms with Gasteiger partial charge in [0.25, 0.3) is 0 Å².